The first-order chi connectivity index (χ1) is 9.65. The molecule has 1 atom stereocenters. The molecule has 5 nitrogen and oxygen atoms in total. The molecule has 0 spiro atoms. The summed E-state index contributed by atoms with van der Waals surface area (Å²) in [5, 5.41) is 12.2. The highest BCUT2D eigenvalue weighted by molar-refractivity contribution is 5.98. The van der Waals surface area contributed by atoms with Crippen LogP contribution in [0.3, 0.4) is 0 Å². The number of halogens is 1. The number of amides is 1. The lowest BCUT2D eigenvalue weighted by Crippen LogP contribution is -2.30. The molecule has 1 aliphatic rings. The summed E-state index contributed by atoms with van der Waals surface area (Å²) in [7, 11) is 0. The Morgan fingerprint density at radius 3 is 3.10 bits per heavy atom. The van der Waals surface area contributed by atoms with E-state index in [0.29, 0.717) is 25.5 Å². The smallest absolute Gasteiger partial charge is 0.257 e. The maximum atomic E-state index is 13.4. The van der Waals surface area contributed by atoms with E-state index in [1.165, 1.54) is 6.07 Å². The molecule has 1 saturated heterocycles. The minimum Gasteiger partial charge on any atom is -0.396 e. The molecule has 2 N–H and O–H groups in total. The van der Waals surface area contributed by atoms with Crippen LogP contribution in [0.1, 0.15) is 30.1 Å². The van der Waals surface area contributed by atoms with Crippen molar-refractivity contribution in [2.24, 2.45) is 5.92 Å². The lowest BCUT2D eigenvalue weighted by Gasteiger charge is -2.18. The topological polar surface area (TPSA) is 65.5 Å². The number of nitrogens with one attached hydrogen (secondary N) is 1. The molecule has 1 amide bonds. The van der Waals surface area contributed by atoms with Crippen LogP contribution in [0.25, 0.3) is 0 Å². The van der Waals surface area contributed by atoms with E-state index in [-0.39, 0.29) is 24.0 Å². The van der Waals surface area contributed by atoms with Crippen LogP contribution in [-0.2, 0) is 0 Å². The minimum atomic E-state index is -0.520. The molecular formula is C14H20FN3O2. The number of carbonyl (C=O) groups excluding carboxylic acids is 1. The molecule has 1 aromatic rings. The quantitative estimate of drug-likeness (QED) is 0.858. The molecule has 2 rings (SSSR count). The molecule has 1 unspecified atom stereocenters. The van der Waals surface area contributed by atoms with Crippen molar-refractivity contribution in [1.82, 2.24) is 9.88 Å². The van der Waals surface area contributed by atoms with Gasteiger partial charge in [0, 0.05) is 32.2 Å². The highest BCUT2D eigenvalue weighted by atomic mass is 19.1. The normalized spacial score (nSPS) is 18.4. The number of hydrogen-bond acceptors (Lipinski definition) is 4. The summed E-state index contributed by atoms with van der Waals surface area (Å²) >= 11 is 0. The van der Waals surface area contributed by atoms with Crippen LogP contribution in [0.2, 0.25) is 0 Å². The van der Waals surface area contributed by atoms with Crippen LogP contribution in [0.4, 0.5) is 10.2 Å². The van der Waals surface area contributed by atoms with Gasteiger partial charge in [-0.15, -0.1) is 0 Å². The summed E-state index contributed by atoms with van der Waals surface area (Å²) in [6.45, 7) is 3.86. The number of pyridine rings is 1. The Hall–Kier alpha value is -1.69. The van der Waals surface area contributed by atoms with Crippen molar-refractivity contribution >= 4 is 11.7 Å². The Balaban J connectivity index is 2.17. The predicted molar refractivity (Wildman–Crippen MR) is 74.1 cm³/mol. The summed E-state index contributed by atoms with van der Waals surface area (Å²) in [4.78, 5) is 18.1. The lowest BCUT2D eigenvalue weighted by molar-refractivity contribution is 0.0782. The van der Waals surface area contributed by atoms with Gasteiger partial charge in [0.2, 0.25) is 0 Å². The van der Waals surface area contributed by atoms with Crippen molar-refractivity contribution < 1.29 is 14.3 Å². The largest absolute Gasteiger partial charge is 0.396 e. The van der Waals surface area contributed by atoms with Crippen LogP contribution in [0.15, 0.2) is 12.3 Å². The zero-order valence-corrected chi connectivity index (χ0v) is 11.6. The third-order valence-corrected chi connectivity index (χ3v) is 3.46. The number of aliphatic hydroxyl groups is 1. The van der Waals surface area contributed by atoms with Crippen molar-refractivity contribution in [3.63, 3.8) is 0 Å². The van der Waals surface area contributed by atoms with Crippen LogP contribution < -0.4 is 5.32 Å². The molecular weight excluding hydrogens is 261 g/mol. The monoisotopic (exact) mass is 281 g/mol. The Morgan fingerprint density at radius 1 is 1.65 bits per heavy atom. The predicted octanol–water partition coefficient (Wildman–Crippen LogP) is 1.50. The number of hydrogen-bond donors (Lipinski definition) is 2. The first kappa shape index (κ1) is 14.7. The van der Waals surface area contributed by atoms with Gasteiger partial charge in [0.1, 0.15) is 11.6 Å². The fraction of sp³-hybridized carbons (Fsp3) is 0.571. The van der Waals surface area contributed by atoms with Gasteiger partial charge in [0.05, 0.1) is 11.8 Å². The maximum Gasteiger partial charge on any atom is 0.257 e. The first-order valence-corrected chi connectivity index (χ1v) is 6.95. The van der Waals surface area contributed by atoms with Crippen LogP contribution in [0.5, 0.6) is 0 Å². The lowest BCUT2D eigenvalue weighted by atomic mass is 10.1. The summed E-state index contributed by atoms with van der Waals surface area (Å²) < 4.78 is 13.4. The van der Waals surface area contributed by atoms with Gasteiger partial charge in [-0.1, -0.05) is 6.92 Å². The average Bonchev–Trinajstić information content (AvgIpc) is 2.94. The molecule has 2 heterocycles. The zero-order valence-electron chi connectivity index (χ0n) is 11.6. The molecule has 0 saturated carbocycles. The SMILES string of the molecule is CCCNc1ncc(F)cc1C(=O)N1CCC(CO)C1. The number of aliphatic hydroxyl groups excluding tert-OH is 1. The fourth-order valence-electron chi connectivity index (χ4n) is 2.32. The molecule has 1 aromatic heterocycles. The third-order valence-electron chi connectivity index (χ3n) is 3.46. The van der Waals surface area contributed by atoms with Crippen molar-refractivity contribution in [2.45, 2.75) is 19.8 Å². The number of aromatic nitrogens is 1. The first-order valence-electron chi connectivity index (χ1n) is 6.95. The van der Waals surface area contributed by atoms with Gasteiger partial charge in [0.25, 0.3) is 5.91 Å². The fourth-order valence-corrected chi connectivity index (χ4v) is 2.32. The Labute approximate surface area is 117 Å². The molecule has 20 heavy (non-hydrogen) atoms. The highest BCUT2D eigenvalue weighted by Crippen LogP contribution is 2.21. The standard InChI is InChI=1S/C14H20FN3O2/c1-2-4-16-13-12(6-11(15)7-17-13)14(20)18-5-3-10(8-18)9-19/h6-7,10,19H,2-5,8-9H2,1H3,(H,16,17). The van der Waals surface area contributed by atoms with Gasteiger partial charge < -0.3 is 15.3 Å². The van der Waals surface area contributed by atoms with Gasteiger partial charge >= 0.3 is 0 Å². The van der Waals surface area contributed by atoms with E-state index >= 15 is 0 Å². The van der Waals surface area contributed by atoms with Gasteiger partial charge in [-0.25, -0.2) is 9.37 Å². The van der Waals surface area contributed by atoms with Crippen LogP contribution >= 0.6 is 0 Å². The van der Waals surface area contributed by atoms with E-state index in [9.17, 15) is 9.18 Å². The van der Waals surface area contributed by atoms with Crippen LogP contribution in [0, 0.1) is 11.7 Å². The third kappa shape index (κ3) is 3.25. The van der Waals surface area contributed by atoms with E-state index in [1.54, 1.807) is 4.90 Å². The molecule has 6 heteroatoms. The molecule has 0 radical (unpaired) electrons. The van der Waals surface area contributed by atoms with E-state index < -0.39 is 5.82 Å². The molecule has 0 bridgehead atoms. The second-order valence-electron chi connectivity index (χ2n) is 5.06. The van der Waals surface area contributed by atoms with E-state index in [1.807, 2.05) is 6.92 Å². The van der Waals surface area contributed by atoms with Gasteiger partial charge in [-0.05, 0) is 18.9 Å². The van der Waals surface area contributed by atoms with E-state index in [0.717, 1.165) is 19.0 Å². The number of nitrogens with zero attached hydrogens (tertiary/aromatic N) is 2. The zero-order chi connectivity index (χ0) is 14.5. The summed E-state index contributed by atoms with van der Waals surface area (Å²) in [6, 6.07) is 1.22. The van der Waals surface area contributed by atoms with Crippen LogP contribution in [-0.4, -0.2) is 47.1 Å². The van der Waals surface area contributed by atoms with E-state index in [4.69, 9.17) is 5.11 Å². The Bertz CT molecular complexity index is 481. The number of carbonyl (C=O) groups is 1. The molecule has 0 aromatic carbocycles. The van der Waals surface area contributed by atoms with Gasteiger partial charge in [0.15, 0.2) is 0 Å². The Morgan fingerprint density at radius 2 is 2.45 bits per heavy atom. The molecule has 110 valence electrons. The number of rotatable bonds is 5. The minimum absolute atomic E-state index is 0.0755. The van der Waals surface area contributed by atoms with Crippen molar-refractivity contribution in [1.29, 1.82) is 0 Å². The maximum absolute atomic E-state index is 13.4. The van der Waals surface area contributed by atoms with Gasteiger partial charge in [-0.2, -0.15) is 0 Å². The summed E-state index contributed by atoms with van der Waals surface area (Å²) in [6.07, 6.45) is 2.78. The average molecular weight is 281 g/mol. The number of anilines is 1. The molecule has 1 aliphatic heterocycles. The van der Waals surface area contributed by atoms with E-state index in [2.05, 4.69) is 10.3 Å². The molecule has 1 fully saturated rings. The highest BCUT2D eigenvalue weighted by Gasteiger charge is 2.28. The molecule has 0 aliphatic carbocycles. The van der Waals surface area contributed by atoms with Gasteiger partial charge in [-0.3, -0.25) is 4.79 Å². The Kier molecular flexibility index (Phi) is 4.89. The second-order valence-corrected chi connectivity index (χ2v) is 5.06. The number of likely N-dealkylation sites (tertiary alicyclic amines) is 1. The second kappa shape index (κ2) is 6.65. The summed E-state index contributed by atoms with van der Waals surface area (Å²) in [5.74, 6) is -0.210. The van der Waals surface area contributed by atoms with Crippen molar-refractivity contribution in [3.8, 4) is 0 Å². The van der Waals surface area contributed by atoms with Crippen molar-refractivity contribution in [3.05, 3.63) is 23.6 Å². The van der Waals surface area contributed by atoms with Crippen molar-refractivity contribution in [2.75, 3.05) is 31.6 Å². The summed E-state index contributed by atoms with van der Waals surface area (Å²) in [5.41, 5.74) is 0.261.